The van der Waals surface area contributed by atoms with Crippen LogP contribution in [0.25, 0.3) is 0 Å². The van der Waals surface area contributed by atoms with Gasteiger partial charge < -0.3 is 15.4 Å². The number of rotatable bonds is 3. The van der Waals surface area contributed by atoms with E-state index in [1.54, 1.807) is 30.2 Å². The fourth-order valence-electron chi connectivity index (χ4n) is 2.17. The number of benzene rings is 1. The van der Waals surface area contributed by atoms with Gasteiger partial charge in [-0.15, -0.1) is 12.4 Å². The number of amides is 1. The van der Waals surface area contributed by atoms with E-state index in [9.17, 15) is 4.79 Å². The molecule has 0 unspecified atom stereocenters. The fourth-order valence-corrected chi connectivity index (χ4v) is 2.37. The number of nitrogens with two attached hydrogens (primary N) is 1. The van der Waals surface area contributed by atoms with Gasteiger partial charge in [0.2, 0.25) is 5.91 Å². The lowest BCUT2D eigenvalue weighted by atomic mass is 10.1. The molecule has 1 aliphatic heterocycles. The van der Waals surface area contributed by atoms with E-state index < -0.39 is 0 Å². The minimum atomic E-state index is 0. The van der Waals surface area contributed by atoms with E-state index in [2.05, 4.69) is 0 Å². The van der Waals surface area contributed by atoms with E-state index in [-0.39, 0.29) is 24.4 Å². The molecule has 1 heterocycles. The molecule has 2 N–H and O–H groups in total. The Bertz CT molecular complexity index is 454. The Balaban J connectivity index is 0.00000180. The largest absolute Gasteiger partial charge is 0.496 e. The Hall–Kier alpha value is -0.970. The minimum absolute atomic E-state index is 0. The Labute approximate surface area is 124 Å². The van der Waals surface area contributed by atoms with Crippen LogP contribution in [0.2, 0.25) is 5.02 Å². The summed E-state index contributed by atoms with van der Waals surface area (Å²) in [5.41, 5.74) is 6.61. The Kier molecular flexibility index (Phi) is 5.91. The zero-order valence-electron chi connectivity index (χ0n) is 10.8. The fraction of sp³-hybridized carbons (Fsp3) is 0.462. The average molecular weight is 305 g/mol. The second kappa shape index (κ2) is 6.98. The topological polar surface area (TPSA) is 55.6 Å². The van der Waals surface area contributed by atoms with Gasteiger partial charge in [0.25, 0.3) is 0 Å². The van der Waals surface area contributed by atoms with Gasteiger partial charge in [-0.2, -0.15) is 0 Å². The van der Waals surface area contributed by atoms with Crippen molar-refractivity contribution in [2.75, 3.05) is 20.2 Å². The van der Waals surface area contributed by atoms with Gasteiger partial charge in [0.05, 0.1) is 13.5 Å². The van der Waals surface area contributed by atoms with Gasteiger partial charge >= 0.3 is 0 Å². The first kappa shape index (κ1) is 16.1. The predicted molar refractivity (Wildman–Crippen MR) is 78.1 cm³/mol. The number of hydrogen-bond donors (Lipinski definition) is 1. The predicted octanol–water partition coefficient (Wildman–Crippen LogP) is 1.87. The van der Waals surface area contributed by atoms with Crippen molar-refractivity contribution < 1.29 is 9.53 Å². The number of carbonyl (C=O) groups excluding carboxylic acids is 1. The van der Waals surface area contributed by atoms with Gasteiger partial charge in [-0.1, -0.05) is 11.6 Å². The van der Waals surface area contributed by atoms with E-state index in [1.165, 1.54) is 0 Å². The summed E-state index contributed by atoms with van der Waals surface area (Å²) in [6.07, 6.45) is 1.18. The SMILES string of the molecule is COc1ccc(Cl)cc1CC(=O)N1CC[C@@H](N)C1.Cl. The molecule has 1 aliphatic rings. The van der Waals surface area contributed by atoms with Gasteiger partial charge in [-0.05, 0) is 24.6 Å². The van der Waals surface area contributed by atoms with Crippen molar-refractivity contribution in [3.05, 3.63) is 28.8 Å². The maximum absolute atomic E-state index is 12.1. The van der Waals surface area contributed by atoms with Crippen LogP contribution in [0.1, 0.15) is 12.0 Å². The average Bonchev–Trinajstić information content (AvgIpc) is 2.76. The summed E-state index contributed by atoms with van der Waals surface area (Å²) < 4.78 is 5.23. The van der Waals surface area contributed by atoms with E-state index in [4.69, 9.17) is 22.1 Å². The molecule has 0 saturated carbocycles. The first-order chi connectivity index (χ1) is 8.60. The number of likely N-dealkylation sites (tertiary alicyclic amines) is 1. The highest BCUT2D eigenvalue weighted by Gasteiger charge is 2.24. The molecule has 1 atom stereocenters. The van der Waals surface area contributed by atoms with Crippen LogP contribution < -0.4 is 10.5 Å². The maximum Gasteiger partial charge on any atom is 0.227 e. The van der Waals surface area contributed by atoms with Gasteiger partial charge in [-0.25, -0.2) is 0 Å². The minimum Gasteiger partial charge on any atom is -0.496 e. The van der Waals surface area contributed by atoms with Gasteiger partial charge in [0.1, 0.15) is 5.75 Å². The molecule has 1 saturated heterocycles. The molecule has 0 aromatic heterocycles. The van der Waals surface area contributed by atoms with Crippen LogP contribution in [0, 0.1) is 0 Å². The Morgan fingerprint density at radius 1 is 1.58 bits per heavy atom. The van der Waals surface area contributed by atoms with Crippen LogP contribution in [0.4, 0.5) is 0 Å². The van der Waals surface area contributed by atoms with Crippen molar-refractivity contribution in [2.24, 2.45) is 5.73 Å². The molecule has 0 bridgehead atoms. The quantitative estimate of drug-likeness (QED) is 0.927. The molecule has 1 amide bonds. The second-order valence-electron chi connectivity index (χ2n) is 4.52. The summed E-state index contributed by atoms with van der Waals surface area (Å²) in [5.74, 6) is 0.764. The van der Waals surface area contributed by atoms with E-state index >= 15 is 0 Å². The first-order valence-corrected chi connectivity index (χ1v) is 6.33. The lowest BCUT2D eigenvalue weighted by Gasteiger charge is -2.17. The molecule has 4 nitrogen and oxygen atoms in total. The molecule has 6 heteroatoms. The summed E-state index contributed by atoms with van der Waals surface area (Å²) in [6.45, 7) is 1.38. The van der Waals surface area contributed by atoms with E-state index in [0.717, 1.165) is 18.5 Å². The summed E-state index contributed by atoms with van der Waals surface area (Å²) in [5, 5.41) is 0.608. The highest BCUT2D eigenvalue weighted by atomic mass is 35.5. The summed E-state index contributed by atoms with van der Waals surface area (Å²) in [6, 6.07) is 5.41. The number of ether oxygens (including phenoxy) is 1. The molecule has 0 spiro atoms. The van der Waals surface area contributed by atoms with Crippen LogP contribution in [0.15, 0.2) is 18.2 Å². The highest BCUT2D eigenvalue weighted by Crippen LogP contribution is 2.24. The lowest BCUT2D eigenvalue weighted by Crippen LogP contribution is -2.33. The molecular formula is C13H18Cl2N2O2. The summed E-state index contributed by atoms with van der Waals surface area (Å²) in [7, 11) is 1.59. The van der Waals surface area contributed by atoms with Crippen LogP contribution in [-0.2, 0) is 11.2 Å². The molecular weight excluding hydrogens is 287 g/mol. The number of halogens is 2. The molecule has 106 valence electrons. The molecule has 19 heavy (non-hydrogen) atoms. The van der Waals surface area contributed by atoms with Crippen molar-refractivity contribution in [3.8, 4) is 5.75 Å². The molecule has 1 fully saturated rings. The van der Waals surface area contributed by atoms with Crippen molar-refractivity contribution in [3.63, 3.8) is 0 Å². The number of methoxy groups -OCH3 is 1. The van der Waals surface area contributed by atoms with Crippen molar-refractivity contribution in [1.82, 2.24) is 4.90 Å². The third-order valence-electron chi connectivity index (χ3n) is 3.16. The third-order valence-corrected chi connectivity index (χ3v) is 3.40. The lowest BCUT2D eigenvalue weighted by molar-refractivity contribution is -0.129. The number of hydrogen-bond acceptors (Lipinski definition) is 3. The smallest absolute Gasteiger partial charge is 0.227 e. The zero-order chi connectivity index (χ0) is 13.1. The van der Waals surface area contributed by atoms with Crippen molar-refractivity contribution >= 4 is 29.9 Å². The summed E-state index contributed by atoms with van der Waals surface area (Å²) >= 11 is 5.94. The molecule has 2 rings (SSSR count). The highest BCUT2D eigenvalue weighted by molar-refractivity contribution is 6.30. The van der Waals surface area contributed by atoms with Crippen LogP contribution >= 0.6 is 24.0 Å². The standard InChI is InChI=1S/C13H17ClN2O2.ClH/c1-18-12-3-2-10(14)6-9(12)7-13(17)16-5-4-11(15)8-16;/h2-3,6,11H,4-5,7-8,15H2,1H3;1H/t11-;/m1./s1. The normalized spacial score (nSPS) is 18.1. The van der Waals surface area contributed by atoms with E-state index in [1.807, 2.05) is 0 Å². The number of carbonyl (C=O) groups is 1. The third kappa shape index (κ3) is 4.00. The van der Waals surface area contributed by atoms with Gasteiger partial charge in [-0.3, -0.25) is 4.79 Å². The second-order valence-corrected chi connectivity index (χ2v) is 4.96. The van der Waals surface area contributed by atoms with Crippen molar-refractivity contribution in [2.45, 2.75) is 18.9 Å². The Morgan fingerprint density at radius 3 is 2.89 bits per heavy atom. The van der Waals surface area contributed by atoms with Crippen LogP contribution in [0.5, 0.6) is 5.75 Å². The summed E-state index contributed by atoms with van der Waals surface area (Å²) in [4.78, 5) is 13.9. The Morgan fingerprint density at radius 2 is 2.32 bits per heavy atom. The molecule has 1 aromatic carbocycles. The maximum atomic E-state index is 12.1. The zero-order valence-corrected chi connectivity index (χ0v) is 12.3. The van der Waals surface area contributed by atoms with Crippen LogP contribution in [0.3, 0.4) is 0 Å². The van der Waals surface area contributed by atoms with Gasteiger partial charge in [0.15, 0.2) is 0 Å². The van der Waals surface area contributed by atoms with Crippen LogP contribution in [-0.4, -0.2) is 37.0 Å². The molecule has 1 aromatic rings. The first-order valence-electron chi connectivity index (χ1n) is 5.96. The monoisotopic (exact) mass is 304 g/mol. The van der Waals surface area contributed by atoms with Crippen molar-refractivity contribution in [1.29, 1.82) is 0 Å². The molecule has 0 aliphatic carbocycles. The van der Waals surface area contributed by atoms with E-state index in [0.29, 0.717) is 23.7 Å². The number of nitrogens with zero attached hydrogens (tertiary/aromatic N) is 1. The molecule has 0 radical (unpaired) electrons. The van der Waals surface area contributed by atoms with Gasteiger partial charge in [0, 0.05) is 29.7 Å².